The molecule has 0 fully saturated rings. The van der Waals surface area contributed by atoms with Crippen LogP contribution < -0.4 is 10.9 Å². The standard InChI is InChI=1S/C5H12N2O3S/c1-3(2)4(6)5(8)11(7,9)10/h3-4H,6H2,1-2H3,(H2,7,9,10)/t4-/m0/s1. The summed E-state index contributed by atoms with van der Waals surface area (Å²) in [6, 6.07) is -1.02. The Morgan fingerprint density at radius 1 is 1.36 bits per heavy atom. The van der Waals surface area contributed by atoms with E-state index in [1.54, 1.807) is 13.8 Å². The third-order valence-electron chi connectivity index (χ3n) is 1.27. The normalized spacial score (nSPS) is 15.0. The van der Waals surface area contributed by atoms with Gasteiger partial charge in [-0.15, -0.1) is 0 Å². The molecule has 0 heterocycles. The van der Waals surface area contributed by atoms with Gasteiger partial charge >= 0.3 is 0 Å². The molecule has 11 heavy (non-hydrogen) atoms. The minimum absolute atomic E-state index is 0.221. The largest absolute Gasteiger partial charge is 0.320 e. The predicted octanol–water partition coefficient (Wildman–Crippen LogP) is -1.22. The van der Waals surface area contributed by atoms with Gasteiger partial charge < -0.3 is 5.73 Å². The van der Waals surface area contributed by atoms with Crippen LogP contribution in [0.5, 0.6) is 0 Å². The smallest absolute Gasteiger partial charge is 0.277 e. The van der Waals surface area contributed by atoms with Gasteiger partial charge in [0.05, 0.1) is 6.04 Å². The lowest BCUT2D eigenvalue weighted by molar-refractivity contribution is -0.113. The van der Waals surface area contributed by atoms with E-state index in [4.69, 9.17) is 5.73 Å². The highest BCUT2D eigenvalue weighted by Crippen LogP contribution is 2.01. The molecule has 5 nitrogen and oxygen atoms in total. The zero-order chi connectivity index (χ0) is 9.23. The van der Waals surface area contributed by atoms with Crippen LogP contribution in [0.4, 0.5) is 0 Å². The second-order valence-electron chi connectivity index (χ2n) is 2.63. The zero-order valence-electron chi connectivity index (χ0n) is 6.44. The van der Waals surface area contributed by atoms with Gasteiger partial charge in [0.2, 0.25) is 0 Å². The fourth-order valence-electron chi connectivity index (χ4n) is 0.462. The number of nitrogens with two attached hydrogens (primary N) is 2. The first-order chi connectivity index (χ1) is 4.76. The molecular formula is C5H12N2O3S. The van der Waals surface area contributed by atoms with Crippen LogP contribution in [0, 0.1) is 5.92 Å². The first-order valence-corrected chi connectivity index (χ1v) is 4.63. The van der Waals surface area contributed by atoms with E-state index in [-0.39, 0.29) is 5.92 Å². The number of hydrogen-bond acceptors (Lipinski definition) is 4. The first-order valence-electron chi connectivity index (χ1n) is 3.09. The third kappa shape index (κ3) is 2.96. The number of carbonyl (C=O) groups excluding carboxylic acids is 1. The second kappa shape index (κ2) is 3.29. The van der Waals surface area contributed by atoms with Crippen LogP contribution in [-0.4, -0.2) is 19.6 Å². The van der Waals surface area contributed by atoms with Gasteiger partial charge in [-0.3, -0.25) is 4.79 Å². The minimum atomic E-state index is -4.11. The summed E-state index contributed by atoms with van der Waals surface area (Å²) in [6.45, 7) is 3.29. The molecule has 0 unspecified atom stereocenters. The van der Waals surface area contributed by atoms with Gasteiger partial charge in [0, 0.05) is 0 Å². The molecule has 0 aliphatic heterocycles. The summed E-state index contributed by atoms with van der Waals surface area (Å²) >= 11 is 0. The van der Waals surface area contributed by atoms with E-state index in [1.807, 2.05) is 0 Å². The Hall–Kier alpha value is -0.460. The van der Waals surface area contributed by atoms with Crippen molar-refractivity contribution in [2.75, 3.05) is 0 Å². The maximum atomic E-state index is 10.8. The second-order valence-corrected chi connectivity index (χ2v) is 4.13. The Balaban J connectivity index is 4.53. The van der Waals surface area contributed by atoms with Crippen molar-refractivity contribution < 1.29 is 13.2 Å². The number of primary sulfonamides is 1. The van der Waals surface area contributed by atoms with Crippen LogP contribution in [0.15, 0.2) is 0 Å². The van der Waals surface area contributed by atoms with Gasteiger partial charge in [-0.25, -0.2) is 13.6 Å². The Labute approximate surface area is 65.8 Å². The maximum Gasteiger partial charge on any atom is 0.277 e. The molecule has 66 valence electrons. The molecule has 0 aromatic rings. The third-order valence-corrected chi connectivity index (χ3v) is 2.10. The number of sulfonamides is 1. The van der Waals surface area contributed by atoms with Gasteiger partial charge in [-0.2, -0.15) is 0 Å². The highest BCUT2D eigenvalue weighted by Gasteiger charge is 2.26. The lowest BCUT2D eigenvalue weighted by Gasteiger charge is -2.11. The summed E-state index contributed by atoms with van der Waals surface area (Å²) in [6.07, 6.45) is 0. The number of carbonyl (C=O) groups is 1. The molecule has 4 N–H and O–H groups in total. The molecule has 0 amide bonds. The van der Waals surface area contributed by atoms with E-state index in [1.165, 1.54) is 0 Å². The fraction of sp³-hybridized carbons (Fsp3) is 0.800. The molecule has 0 bridgehead atoms. The van der Waals surface area contributed by atoms with Crippen molar-refractivity contribution in [3.05, 3.63) is 0 Å². The Bertz CT molecular complexity index is 244. The molecule has 1 atom stereocenters. The summed E-state index contributed by atoms with van der Waals surface area (Å²) in [5.41, 5.74) is 5.24. The first kappa shape index (κ1) is 10.5. The molecule has 0 spiro atoms. The van der Waals surface area contributed by atoms with Crippen molar-refractivity contribution in [1.82, 2.24) is 0 Å². The van der Waals surface area contributed by atoms with Crippen LogP contribution in [-0.2, 0) is 14.8 Å². The molecule has 0 rings (SSSR count). The van der Waals surface area contributed by atoms with Crippen molar-refractivity contribution >= 4 is 15.1 Å². The summed E-state index contributed by atoms with van der Waals surface area (Å²) in [5.74, 6) is -0.221. The molecular weight excluding hydrogens is 168 g/mol. The van der Waals surface area contributed by atoms with Gasteiger partial charge in [0.25, 0.3) is 15.1 Å². The molecule has 0 aromatic carbocycles. The highest BCUT2D eigenvalue weighted by atomic mass is 32.2. The van der Waals surface area contributed by atoms with E-state index in [0.717, 1.165) is 0 Å². The van der Waals surface area contributed by atoms with Crippen LogP contribution >= 0.6 is 0 Å². The lowest BCUT2D eigenvalue weighted by Crippen LogP contribution is -2.42. The summed E-state index contributed by atoms with van der Waals surface area (Å²) < 4.78 is 20.9. The number of rotatable bonds is 2. The molecule has 0 saturated carbocycles. The van der Waals surface area contributed by atoms with E-state index >= 15 is 0 Å². The van der Waals surface area contributed by atoms with Crippen molar-refractivity contribution in [2.24, 2.45) is 16.8 Å². The lowest BCUT2D eigenvalue weighted by atomic mass is 10.1. The average Bonchev–Trinajstić information content (AvgIpc) is 1.82. The van der Waals surface area contributed by atoms with Crippen LogP contribution in [0.3, 0.4) is 0 Å². The minimum Gasteiger partial charge on any atom is -0.320 e. The van der Waals surface area contributed by atoms with Crippen molar-refractivity contribution in [1.29, 1.82) is 0 Å². The molecule has 0 aliphatic carbocycles. The predicted molar refractivity (Wildman–Crippen MR) is 40.9 cm³/mol. The average molecular weight is 180 g/mol. The molecule has 0 aliphatic rings. The van der Waals surface area contributed by atoms with E-state index in [0.29, 0.717) is 0 Å². The molecule has 0 aromatic heterocycles. The topological polar surface area (TPSA) is 103 Å². The maximum absolute atomic E-state index is 10.8. The molecule has 0 radical (unpaired) electrons. The van der Waals surface area contributed by atoms with Crippen molar-refractivity contribution in [2.45, 2.75) is 19.9 Å². The summed E-state index contributed by atoms with van der Waals surface area (Å²) in [7, 11) is -4.11. The summed E-state index contributed by atoms with van der Waals surface area (Å²) in [4.78, 5) is 10.8. The Morgan fingerprint density at radius 3 is 1.82 bits per heavy atom. The highest BCUT2D eigenvalue weighted by molar-refractivity contribution is 8.04. The van der Waals surface area contributed by atoms with Gasteiger partial charge in [0.15, 0.2) is 0 Å². The van der Waals surface area contributed by atoms with Crippen molar-refractivity contribution in [3.63, 3.8) is 0 Å². The SMILES string of the molecule is CC(C)[C@H](N)C(=O)S(N)(=O)=O. The Kier molecular flexibility index (Phi) is 3.15. The van der Waals surface area contributed by atoms with E-state index < -0.39 is 21.2 Å². The molecule has 0 saturated heterocycles. The quantitative estimate of drug-likeness (QED) is 0.556. The molecule has 6 heteroatoms. The van der Waals surface area contributed by atoms with Crippen LogP contribution in [0.2, 0.25) is 0 Å². The van der Waals surface area contributed by atoms with Crippen LogP contribution in [0.25, 0.3) is 0 Å². The van der Waals surface area contributed by atoms with Gasteiger partial charge in [-0.05, 0) is 5.92 Å². The van der Waals surface area contributed by atoms with Crippen LogP contribution in [0.1, 0.15) is 13.8 Å². The van der Waals surface area contributed by atoms with E-state index in [2.05, 4.69) is 5.14 Å². The monoisotopic (exact) mass is 180 g/mol. The van der Waals surface area contributed by atoms with E-state index in [9.17, 15) is 13.2 Å². The van der Waals surface area contributed by atoms with Gasteiger partial charge in [-0.1, -0.05) is 13.8 Å². The van der Waals surface area contributed by atoms with Crippen molar-refractivity contribution in [3.8, 4) is 0 Å². The Morgan fingerprint density at radius 2 is 1.73 bits per heavy atom. The fourth-order valence-corrected chi connectivity index (χ4v) is 1.11. The summed E-state index contributed by atoms with van der Waals surface area (Å²) in [5, 5.41) is 3.46. The zero-order valence-corrected chi connectivity index (χ0v) is 7.26. The van der Waals surface area contributed by atoms with Gasteiger partial charge in [0.1, 0.15) is 0 Å². The number of hydrogen-bond donors (Lipinski definition) is 2.